The van der Waals surface area contributed by atoms with Crippen molar-refractivity contribution in [3.8, 4) is 5.88 Å². The Morgan fingerprint density at radius 3 is 2.75 bits per heavy atom. The predicted molar refractivity (Wildman–Crippen MR) is 105 cm³/mol. The third kappa shape index (κ3) is 3.29. The molecule has 0 radical (unpaired) electrons. The number of imidazole rings is 1. The van der Waals surface area contributed by atoms with Crippen molar-refractivity contribution in [2.75, 3.05) is 13.2 Å². The third-order valence-corrected chi connectivity index (χ3v) is 5.83. The second-order valence-electron chi connectivity index (χ2n) is 7.66. The van der Waals surface area contributed by atoms with Crippen LogP contribution in [0.15, 0.2) is 42.6 Å². The van der Waals surface area contributed by atoms with Crippen LogP contribution in [0.4, 0.5) is 0 Å². The molecule has 1 aliphatic heterocycles. The van der Waals surface area contributed by atoms with Crippen molar-refractivity contribution in [3.05, 3.63) is 54.0 Å². The van der Waals surface area contributed by atoms with Crippen LogP contribution in [0.3, 0.4) is 0 Å². The van der Waals surface area contributed by atoms with Gasteiger partial charge in [-0.1, -0.05) is 18.2 Å². The molecule has 2 aromatic heterocycles. The first-order valence-electron chi connectivity index (χ1n) is 9.96. The molecule has 5 rings (SSSR count). The summed E-state index contributed by atoms with van der Waals surface area (Å²) in [6.07, 6.45) is 5.22. The molecular formula is C22H23N3O3. The number of hydrogen-bond acceptors (Lipinski definition) is 5. The van der Waals surface area contributed by atoms with Gasteiger partial charge in [-0.15, -0.1) is 0 Å². The van der Waals surface area contributed by atoms with Crippen LogP contribution in [-0.4, -0.2) is 40.1 Å². The lowest BCUT2D eigenvalue weighted by atomic mass is 9.79. The number of H-pyrrole nitrogens is 1. The van der Waals surface area contributed by atoms with E-state index in [9.17, 15) is 4.79 Å². The van der Waals surface area contributed by atoms with Crippen LogP contribution in [0.1, 0.15) is 47.8 Å². The van der Waals surface area contributed by atoms with Gasteiger partial charge < -0.3 is 14.5 Å². The van der Waals surface area contributed by atoms with Gasteiger partial charge in [0.2, 0.25) is 11.7 Å². The Kier molecular flexibility index (Phi) is 4.56. The maximum atomic E-state index is 12.7. The lowest BCUT2D eigenvalue weighted by molar-refractivity contribution is 0.0449. The summed E-state index contributed by atoms with van der Waals surface area (Å²) in [7, 11) is 0. The Morgan fingerprint density at radius 2 is 1.93 bits per heavy atom. The van der Waals surface area contributed by atoms with E-state index < -0.39 is 0 Å². The number of pyridine rings is 1. The summed E-state index contributed by atoms with van der Waals surface area (Å²) < 4.78 is 11.6. The quantitative estimate of drug-likeness (QED) is 0.683. The molecule has 1 saturated carbocycles. The highest BCUT2D eigenvalue weighted by Gasteiger charge is 2.38. The highest BCUT2D eigenvalue weighted by atomic mass is 16.5. The van der Waals surface area contributed by atoms with E-state index in [1.54, 1.807) is 6.20 Å². The van der Waals surface area contributed by atoms with Crippen LogP contribution in [0.2, 0.25) is 0 Å². The van der Waals surface area contributed by atoms with Crippen molar-refractivity contribution < 1.29 is 14.3 Å². The molecule has 28 heavy (non-hydrogen) atoms. The summed E-state index contributed by atoms with van der Waals surface area (Å²) >= 11 is 0. The van der Waals surface area contributed by atoms with Crippen molar-refractivity contribution in [1.29, 1.82) is 0 Å². The average molecular weight is 377 g/mol. The number of rotatable bonds is 5. The number of carbonyl (C=O) groups is 1. The zero-order valence-corrected chi connectivity index (χ0v) is 15.6. The maximum absolute atomic E-state index is 12.7. The molecule has 1 N–H and O–H groups in total. The van der Waals surface area contributed by atoms with Crippen LogP contribution in [0, 0.1) is 5.92 Å². The fourth-order valence-electron chi connectivity index (χ4n) is 4.12. The van der Waals surface area contributed by atoms with Crippen molar-refractivity contribution in [1.82, 2.24) is 15.0 Å². The Balaban J connectivity index is 1.23. The van der Waals surface area contributed by atoms with Gasteiger partial charge in [0, 0.05) is 30.9 Å². The number of nitrogens with one attached hydrogen (secondary N) is 1. The minimum Gasteiger partial charge on any atom is -0.474 e. The topological polar surface area (TPSA) is 77.1 Å². The van der Waals surface area contributed by atoms with E-state index in [1.165, 1.54) is 0 Å². The van der Waals surface area contributed by atoms with Crippen LogP contribution < -0.4 is 4.74 Å². The molecule has 0 amide bonds. The zero-order chi connectivity index (χ0) is 18.9. The van der Waals surface area contributed by atoms with E-state index >= 15 is 0 Å². The fourth-order valence-corrected chi connectivity index (χ4v) is 4.12. The lowest BCUT2D eigenvalue weighted by Gasteiger charge is -2.34. The molecule has 2 fully saturated rings. The number of nitrogens with zero attached hydrogens (tertiary/aromatic N) is 2. The molecule has 1 aliphatic carbocycles. The zero-order valence-electron chi connectivity index (χ0n) is 15.6. The van der Waals surface area contributed by atoms with Crippen molar-refractivity contribution in [2.24, 2.45) is 5.92 Å². The number of hydrogen-bond donors (Lipinski definition) is 1. The SMILES string of the molecule is O=C(c1nc2ccccc2[nH]1)[C@H]1C[C@H](Oc2ncccc2C2CCOCC2)C1. The number of ketones is 1. The monoisotopic (exact) mass is 377 g/mol. The second kappa shape index (κ2) is 7.36. The Hall–Kier alpha value is -2.73. The van der Waals surface area contributed by atoms with E-state index in [0.717, 1.165) is 42.7 Å². The largest absolute Gasteiger partial charge is 0.474 e. The summed E-state index contributed by atoms with van der Waals surface area (Å²) in [5.41, 5.74) is 2.89. The highest BCUT2D eigenvalue weighted by molar-refractivity contribution is 5.97. The molecule has 3 heterocycles. The number of aromatic amines is 1. The summed E-state index contributed by atoms with van der Waals surface area (Å²) in [6.45, 7) is 1.58. The summed E-state index contributed by atoms with van der Waals surface area (Å²) in [6, 6.07) is 11.8. The highest BCUT2D eigenvalue weighted by Crippen LogP contribution is 2.37. The Labute approximate surface area is 163 Å². The van der Waals surface area contributed by atoms with Crippen molar-refractivity contribution in [3.63, 3.8) is 0 Å². The molecule has 1 saturated heterocycles. The minimum absolute atomic E-state index is 0.0341. The van der Waals surface area contributed by atoms with Crippen LogP contribution in [0.5, 0.6) is 5.88 Å². The van der Waals surface area contributed by atoms with Gasteiger partial charge in [-0.05, 0) is 49.8 Å². The van der Waals surface area contributed by atoms with Crippen LogP contribution in [0.25, 0.3) is 11.0 Å². The number of carbonyl (C=O) groups excluding carboxylic acids is 1. The number of benzene rings is 1. The van der Waals surface area contributed by atoms with Crippen molar-refractivity contribution in [2.45, 2.75) is 37.7 Å². The number of aromatic nitrogens is 3. The molecule has 0 unspecified atom stereocenters. The van der Waals surface area contributed by atoms with Gasteiger partial charge in [0.05, 0.1) is 11.0 Å². The second-order valence-corrected chi connectivity index (χ2v) is 7.66. The molecule has 0 spiro atoms. The number of para-hydroxylation sites is 2. The number of Topliss-reactive ketones (excluding diaryl/α,β-unsaturated/α-hetero) is 1. The predicted octanol–water partition coefficient (Wildman–Crippen LogP) is 3.89. The molecule has 0 bridgehead atoms. The van der Waals surface area contributed by atoms with Crippen LogP contribution >= 0.6 is 0 Å². The first-order valence-corrected chi connectivity index (χ1v) is 9.96. The first-order chi connectivity index (χ1) is 13.8. The molecule has 2 aliphatic rings. The molecular weight excluding hydrogens is 354 g/mol. The molecule has 3 aromatic rings. The Bertz CT molecular complexity index is 954. The standard InChI is InChI=1S/C22H23N3O3/c26-20(21-24-18-5-1-2-6-19(18)25-21)15-12-16(13-15)28-22-17(4-3-9-23-22)14-7-10-27-11-8-14/h1-6,9,14-16H,7-8,10-13H2,(H,24,25)/t15-,16-. The van der Waals surface area contributed by atoms with E-state index in [4.69, 9.17) is 9.47 Å². The molecule has 6 heteroatoms. The fraction of sp³-hybridized carbons (Fsp3) is 0.409. The van der Waals surface area contributed by atoms with Crippen molar-refractivity contribution >= 4 is 16.8 Å². The maximum Gasteiger partial charge on any atom is 0.217 e. The van der Waals surface area contributed by atoms with Gasteiger partial charge in [0.1, 0.15) is 6.10 Å². The van der Waals surface area contributed by atoms with E-state index in [-0.39, 0.29) is 17.8 Å². The third-order valence-electron chi connectivity index (χ3n) is 5.83. The Morgan fingerprint density at radius 1 is 1.11 bits per heavy atom. The van der Waals surface area contributed by atoms with E-state index in [1.807, 2.05) is 30.3 Å². The van der Waals surface area contributed by atoms with E-state index in [2.05, 4.69) is 21.0 Å². The van der Waals surface area contributed by atoms with Gasteiger partial charge >= 0.3 is 0 Å². The smallest absolute Gasteiger partial charge is 0.217 e. The average Bonchev–Trinajstić information content (AvgIpc) is 3.15. The summed E-state index contributed by atoms with van der Waals surface area (Å²) in [5.74, 6) is 1.63. The van der Waals surface area contributed by atoms with Gasteiger partial charge in [-0.3, -0.25) is 4.79 Å². The molecule has 0 atom stereocenters. The molecule has 6 nitrogen and oxygen atoms in total. The lowest BCUT2D eigenvalue weighted by Crippen LogP contribution is -2.39. The van der Waals surface area contributed by atoms with Gasteiger partial charge in [0.15, 0.2) is 5.82 Å². The number of ether oxygens (including phenoxy) is 2. The van der Waals surface area contributed by atoms with Gasteiger partial charge in [0.25, 0.3) is 0 Å². The first kappa shape index (κ1) is 17.4. The number of fused-ring (bicyclic) bond motifs is 1. The minimum atomic E-state index is -0.0409. The van der Waals surface area contributed by atoms with Crippen LogP contribution in [-0.2, 0) is 4.74 Å². The summed E-state index contributed by atoms with van der Waals surface area (Å²) in [5, 5.41) is 0. The summed E-state index contributed by atoms with van der Waals surface area (Å²) in [4.78, 5) is 24.8. The van der Waals surface area contributed by atoms with E-state index in [0.29, 0.717) is 30.5 Å². The van der Waals surface area contributed by atoms with Gasteiger partial charge in [-0.25, -0.2) is 9.97 Å². The normalized spacial score (nSPS) is 22.7. The molecule has 1 aromatic carbocycles. The van der Waals surface area contributed by atoms with Gasteiger partial charge in [-0.2, -0.15) is 0 Å². The molecule has 144 valence electrons.